The Kier molecular flexibility index (Phi) is 12.6. The van der Waals surface area contributed by atoms with Crippen molar-refractivity contribution in [3.05, 3.63) is 77.8 Å². The molecule has 0 bridgehead atoms. The molecular formula is C31H39BrF2N6O4. The number of carbonyl (C=O) groups is 3. The second-order valence-electron chi connectivity index (χ2n) is 11.4. The van der Waals surface area contributed by atoms with Crippen LogP contribution in [0.2, 0.25) is 0 Å². The number of hydrogen-bond acceptors (Lipinski definition) is 6. The van der Waals surface area contributed by atoms with Crippen LogP contribution >= 0.6 is 15.9 Å². The van der Waals surface area contributed by atoms with E-state index in [9.17, 15) is 28.3 Å². The Hall–Kier alpha value is -3.68. The van der Waals surface area contributed by atoms with Gasteiger partial charge in [0.25, 0.3) is 0 Å². The van der Waals surface area contributed by atoms with Crippen LogP contribution < -0.4 is 16.4 Å². The molecule has 13 heteroatoms. The van der Waals surface area contributed by atoms with Gasteiger partial charge in [-0.1, -0.05) is 67.0 Å². The fraction of sp³-hybridized carbons (Fsp3) is 0.419. The molecule has 0 fully saturated rings. The first-order chi connectivity index (χ1) is 20.8. The van der Waals surface area contributed by atoms with E-state index in [1.54, 1.807) is 10.8 Å². The topological polar surface area (TPSA) is 143 Å². The molecule has 1 aromatic heterocycles. The van der Waals surface area contributed by atoms with Gasteiger partial charge in [-0.2, -0.15) is 0 Å². The van der Waals surface area contributed by atoms with Crippen LogP contribution in [0.5, 0.6) is 0 Å². The molecule has 0 spiro atoms. The van der Waals surface area contributed by atoms with Crippen LogP contribution in [0, 0.1) is 17.0 Å². The van der Waals surface area contributed by atoms with Gasteiger partial charge in [-0.3, -0.25) is 14.4 Å². The van der Waals surface area contributed by atoms with Crippen LogP contribution in [-0.2, 0) is 20.9 Å². The van der Waals surface area contributed by atoms with Crippen LogP contribution in [-0.4, -0.2) is 74.9 Å². The van der Waals surface area contributed by atoms with E-state index in [0.717, 1.165) is 23.8 Å². The molecule has 44 heavy (non-hydrogen) atoms. The summed E-state index contributed by atoms with van der Waals surface area (Å²) in [6.07, 6.45) is 1.68. The fourth-order valence-electron chi connectivity index (χ4n) is 4.84. The van der Waals surface area contributed by atoms with Crippen molar-refractivity contribution in [3.8, 4) is 11.3 Å². The molecule has 10 nitrogen and oxygen atoms in total. The van der Waals surface area contributed by atoms with Gasteiger partial charge in [-0.15, -0.1) is 0 Å². The number of aliphatic hydroxyl groups is 1. The van der Waals surface area contributed by atoms with Gasteiger partial charge < -0.3 is 30.9 Å². The first-order valence-electron chi connectivity index (χ1n) is 14.2. The summed E-state index contributed by atoms with van der Waals surface area (Å²) in [7, 11) is 0. The van der Waals surface area contributed by atoms with Gasteiger partial charge in [0.2, 0.25) is 17.7 Å². The molecule has 238 valence electrons. The molecule has 5 N–H and O–H groups in total. The quantitative estimate of drug-likeness (QED) is 0.153. The van der Waals surface area contributed by atoms with E-state index in [4.69, 9.17) is 10.7 Å². The second kappa shape index (κ2) is 15.9. The van der Waals surface area contributed by atoms with Gasteiger partial charge in [0.05, 0.1) is 23.1 Å². The Labute approximate surface area is 264 Å². The number of nitrogens with two attached hydrogens (primary N) is 1. The molecular weight excluding hydrogens is 638 g/mol. The highest BCUT2D eigenvalue weighted by Gasteiger charge is 2.38. The van der Waals surface area contributed by atoms with E-state index in [0.29, 0.717) is 12.4 Å². The Bertz CT molecular complexity index is 1430. The molecule has 3 amide bonds. The van der Waals surface area contributed by atoms with Crippen molar-refractivity contribution >= 4 is 33.7 Å². The van der Waals surface area contributed by atoms with Crippen LogP contribution in [0.25, 0.3) is 11.3 Å². The van der Waals surface area contributed by atoms with Crippen molar-refractivity contribution < 1.29 is 28.3 Å². The van der Waals surface area contributed by atoms with E-state index in [-0.39, 0.29) is 48.5 Å². The molecule has 2 atom stereocenters. The zero-order valence-corrected chi connectivity index (χ0v) is 26.6. The monoisotopic (exact) mass is 676 g/mol. The predicted octanol–water partition coefficient (Wildman–Crippen LogP) is 3.13. The van der Waals surface area contributed by atoms with Crippen LogP contribution in [0.1, 0.15) is 44.6 Å². The lowest BCUT2D eigenvalue weighted by Crippen LogP contribution is -2.48. The zero-order valence-electron chi connectivity index (χ0n) is 25.0. The molecule has 0 aliphatic rings. The van der Waals surface area contributed by atoms with Crippen molar-refractivity contribution in [3.63, 3.8) is 0 Å². The third kappa shape index (κ3) is 9.41. The van der Waals surface area contributed by atoms with Gasteiger partial charge in [0.15, 0.2) is 0 Å². The summed E-state index contributed by atoms with van der Waals surface area (Å²) in [5.41, 5.74) is 6.56. The average Bonchev–Trinajstić information content (AvgIpc) is 3.39. The number of carbonyl (C=O) groups excluding carboxylic acids is 3. The minimum atomic E-state index is -0.988. The number of rotatable bonds is 14. The van der Waals surface area contributed by atoms with Crippen LogP contribution in [0.3, 0.4) is 0 Å². The smallest absolute Gasteiger partial charge is 0.248 e. The number of halogens is 3. The van der Waals surface area contributed by atoms with E-state index in [2.05, 4.69) is 26.6 Å². The van der Waals surface area contributed by atoms with E-state index in [1.807, 2.05) is 51.1 Å². The molecule has 3 aromatic rings. The maximum absolute atomic E-state index is 14.9. The maximum atomic E-state index is 14.9. The van der Waals surface area contributed by atoms with Gasteiger partial charge in [0, 0.05) is 37.9 Å². The molecule has 0 saturated heterocycles. The number of nitrogens with one attached hydrogen (secondary N) is 2. The summed E-state index contributed by atoms with van der Waals surface area (Å²) in [4.78, 5) is 43.4. The number of aliphatic hydroxyl groups excluding tert-OH is 1. The highest BCUT2D eigenvalue weighted by atomic mass is 79.9. The first kappa shape index (κ1) is 34.8. The zero-order chi connectivity index (χ0) is 32.4. The number of imidazole rings is 1. The summed E-state index contributed by atoms with van der Waals surface area (Å²) in [6.45, 7) is 5.60. The van der Waals surface area contributed by atoms with Crippen molar-refractivity contribution in [2.75, 3.05) is 31.6 Å². The maximum Gasteiger partial charge on any atom is 0.248 e. The number of benzene rings is 2. The number of hydrogen-bond donors (Lipinski definition) is 4. The highest BCUT2D eigenvalue weighted by Crippen LogP contribution is 2.39. The standard InChI is InChI=1S/C31H39BrF2N6O4/c1-31(2,3)28(40(27(43)19-41)14-11-24(35)30(44)37-13-12-36-26(42)16-32)29-38-25(22-15-21(33)9-10-23(22)34)18-39(29)17-20-7-5-4-6-8-20/h4-10,15,18,24,28,41H,11-14,16-17,19,35H2,1-3H3,(H,36,42)(H,37,44). The summed E-state index contributed by atoms with van der Waals surface area (Å²) >= 11 is 3.05. The lowest BCUT2D eigenvalue weighted by molar-refractivity contribution is -0.140. The molecule has 3 rings (SSSR count). The largest absolute Gasteiger partial charge is 0.387 e. The molecule has 2 unspecified atom stereocenters. The second-order valence-corrected chi connectivity index (χ2v) is 12.0. The minimum Gasteiger partial charge on any atom is -0.387 e. The highest BCUT2D eigenvalue weighted by molar-refractivity contribution is 9.09. The van der Waals surface area contributed by atoms with Gasteiger partial charge in [-0.25, -0.2) is 13.8 Å². The molecule has 0 saturated carbocycles. The van der Waals surface area contributed by atoms with Gasteiger partial charge >= 0.3 is 0 Å². The number of nitrogens with zero attached hydrogens (tertiary/aromatic N) is 3. The fourth-order valence-corrected chi connectivity index (χ4v) is 5.04. The normalized spacial score (nSPS) is 12.8. The number of aromatic nitrogens is 2. The average molecular weight is 678 g/mol. The molecule has 2 aromatic carbocycles. The Morgan fingerprint density at radius 1 is 1.09 bits per heavy atom. The predicted molar refractivity (Wildman–Crippen MR) is 167 cm³/mol. The lowest BCUT2D eigenvalue weighted by Gasteiger charge is -2.40. The SMILES string of the molecule is CC(C)(C)C(c1nc(-c2cc(F)ccc2F)cn1Cc1ccccc1)N(CCC(N)C(=O)NCCNC(=O)CBr)C(=O)CO. The summed E-state index contributed by atoms with van der Waals surface area (Å²) in [5, 5.41) is 15.4. The minimum absolute atomic E-state index is 0.00189. The van der Waals surface area contributed by atoms with E-state index < -0.39 is 47.6 Å². The molecule has 0 radical (unpaired) electrons. The van der Waals surface area contributed by atoms with Crippen LogP contribution in [0.4, 0.5) is 8.78 Å². The Balaban J connectivity index is 1.97. The molecule has 0 aliphatic carbocycles. The van der Waals surface area contributed by atoms with Crippen LogP contribution in [0.15, 0.2) is 54.7 Å². The van der Waals surface area contributed by atoms with E-state index >= 15 is 0 Å². The Morgan fingerprint density at radius 2 is 1.77 bits per heavy atom. The lowest BCUT2D eigenvalue weighted by atomic mass is 9.84. The van der Waals surface area contributed by atoms with Gasteiger partial charge in [0.1, 0.15) is 24.1 Å². The summed E-state index contributed by atoms with van der Waals surface area (Å²) in [6, 6.07) is 10.8. The summed E-state index contributed by atoms with van der Waals surface area (Å²) < 4.78 is 30.8. The van der Waals surface area contributed by atoms with E-state index in [1.165, 1.54) is 4.90 Å². The Morgan fingerprint density at radius 3 is 2.41 bits per heavy atom. The van der Waals surface area contributed by atoms with Crippen molar-refractivity contribution in [2.24, 2.45) is 11.1 Å². The third-order valence-electron chi connectivity index (χ3n) is 6.93. The van der Waals surface area contributed by atoms with Gasteiger partial charge in [-0.05, 0) is 35.6 Å². The van der Waals surface area contributed by atoms with Crippen molar-refractivity contribution in [2.45, 2.75) is 45.8 Å². The first-order valence-corrected chi connectivity index (χ1v) is 15.3. The summed E-state index contributed by atoms with van der Waals surface area (Å²) in [5.74, 6) is -2.17. The molecule has 1 heterocycles. The number of alkyl halides is 1. The van der Waals surface area contributed by atoms with Crippen molar-refractivity contribution in [1.29, 1.82) is 0 Å². The third-order valence-corrected chi connectivity index (χ3v) is 7.43. The van der Waals surface area contributed by atoms with Crippen molar-refractivity contribution in [1.82, 2.24) is 25.1 Å². The number of amides is 3. The molecule has 0 aliphatic heterocycles.